The highest BCUT2D eigenvalue weighted by Crippen LogP contribution is 2.41. The number of aromatic nitrogens is 2. The van der Waals surface area contributed by atoms with E-state index < -0.39 is 12.0 Å². The lowest BCUT2D eigenvalue weighted by Crippen LogP contribution is -2.40. The molecule has 1 aliphatic rings. The van der Waals surface area contributed by atoms with Gasteiger partial charge in [0.1, 0.15) is 0 Å². The van der Waals surface area contributed by atoms with E-state index >= 15 is 0 Å². The average Bonchev–Trinajstić information content (AvgIpc) is 3.49. The van der Waals surface area contributed by atoms with Crippen molar-refractivity contribution in [2.45, 2.75) is 40.3 Å². The van der Waals surface area contributed by atoms with Crippen molar-refractivity contribution in [2.24, 2.45) is 4.99 Å². The predicted octanol–water partition coefficient (Wildman–Crippen LogP) is 6.28. The maximum atomic E-state index is 14.4. The molecule has 10 heteroatoms. The number of thiazole rings is 1. The van der Waals surface area contributed by atoms with Crippen LogP contribution in [0.4, 0.5) is 0 Å². The van der Waals surface area contributed by atoms with Crippen LogP contribution in [0.15, 0.2) is 92.3 Å². The van der Waals surface area contributed by atoms with E-state index in [9.17, 15) is 9.59 Å². The molecule has 0 aliphatic carbocycles. The van der Waals surface area contributed by atoms with Crippen LogP contribution in [-0.4, -0.2) is 35.4 Å². The van der Waals surface area contributed by atoms with E-state index in [2.05, 4.69) is 51.7 Å². The highest BCUT2D eigenvalue weighted by molar-refractivity contribution is 9.10. The lowest BCUT2D eigenvalue weighted by molar-refractivity contribution is -0.139. The molecule has 0 amide bonds. The van der Waals surface area contributed by atoms with Gasteiger partial charge in [-0.15, -0.1) is 0 Å². The first-order valence-corrected chi connectivity index (χ1v) is 16.7. The van der Waals surface area contributed by atoms with Crippen LogP contribution in [0, 0.1) is 6.92 Å². The van der Waals surface area contributed by atoms with Gasteiger partial charge in [-0.3, -0.25) is 9.36 Å². The number of benzene rings is 3. The quantitative estimate of drug-likeness (QED) is 0.169. The minimum Gasteiger partial charge on any atom is -0.493 e. The van der Waals surface area contributed by atoms with Crippen LogP contribution in [0.5, 0.6) is 11.5 Å². The highest BCUT2D eigenvalue weighted by atomic mass is 79.9. The SMILES string of the molecule is CCOC(=O)C1=C(C)N=c2s/c(=C/c3c(C)n(Cc4ccccc4)c4ccccc34)c(=O)n2[C@@H]1c1cc(OC)c(OCC)cc1Br. The van der Waals surface area contributed by atoms with E-state index in [1.165, 1.54) is 16.9 Å². The van der Waals surface area contributed by atoms with Crippen LogP contribution >= 0.6 is 27.3 Å². The minimum absolute atomic E-state index is 0.187. The highest BCUT2D eigenvalue weighted by Gasteiger charge is 2.35. The van der Waals surface area contributed by atoms with E-state index in [-0.39, 0.29) is 12.2 Å². The van der Waals surface area contributed by atoms with Crippen LogP contribution < -0.4 is 24.4 Å². The van der Waals surface area contributed by atoms with Gasteiger partial charge in [0.05, 0.1) is 42.2 Å². The molecule has 0 spiro atoms. The molecular formula is C36H34BrN3O5S. The van der Waals surface area contributed by atoms with Gasteiger partial charge in [-0.25, -0.2) is 9.79 Å². The van der Waals surface area contributed by atoms with Crippen LogP contribution in [0.25, 0.3) is 17.0 Å². The van der Waals surface area contributed by atoms with Crippen LogP contribution in [0.2, 0.25) is 0 Å². The number of para-hydroxylation sites is 1. The van der Waals surface area contributed by atoms with Gasteiger partial charge in [0.15, 0.2) is 16.3 Å². The Balaban J connectivity index is 1.57. The maximum absolute atomic E-state index is 14.4. The molecule has 2 aromatic heterocycles. The van der Waals surface area contributed by atoms with E-state index in [1.54, 1.807) is 37.7 Å². The number of rotatable bonds is 9. The van der Waals surface area contributed by atoms with Crippen molar-refractivity contribution in [2.75, 3.05) is 20.3 Å². The summed E-state index contributed by atoms with van der Waals surface area (Å²) in [4.78, 5) is 33.2. The molecule has 0 saturated heterocycles. The molecule has 0 saturated carbocycles. The molecule has 0 N–H and O–H groups in total. The number of ether oxygens (including phenoxy) is 3. The number of hydrogen-bond donors (Lipinski definition) is 0. The van der Waals surface area contributed by atoms with Gasteiger partial charge in [0.2, 0.25) is 0 Å². The number of nitrogens with zero attached hydrogens (tertiary/aromatic N) is 3. The smallest absolute Gasteiger partial charge is 0.338 e. The second-order valence-corrected chi connectivity index (χ2v) is 12.7. The Kier molecular flexibility index (Phi) is 9.02. The van der Waals surface area contributed by atoms with Crippen LogP contribution in [0.3, 0.4) is 0 Å². The molecule has 6 rings (SSSR count). The van der Waals surface area contributed by atoms with E-state index in [0.717, 1.165) is 22.2 Å². The largest absolute Gasteiger partial charge is 0.493 e. The summed E-state index contributed by atoms with van der Waals surface area (Å²) in [5, 5.41) is 1.06. The molecule has 0 unspecified atom stereocenters. The van der Waals surface area contributed by atoms with Crippen molar-refractivity contribution in [3.05, 3.63) is 125 Å². The van der Waals surface area contributed by atoms with Crippen molar-refractivity contribution < 1.29 is 19.0 Å². The molecule has 0 radical (unpaired) electrons. The summed E-state index contributed by atoms with van der Waals surface area (Å²) in [5.74, 6) is 0.512. The minimum atomic E-state index is -0.808. The lowest BCUT2D eigenvalue weighted by atomic mass is 9.95. The molecule has 3 heterocycles. The standard InChI is InChI=1S/C36H34BrN3O5S/c1-6-44-30-19-27(37)26(17-29(30)43-5)33-32(35(42)45-7-2)21(3)38-36-40(33)34(41)31(46-36)18-25-22(4)39(20-23-13-9-8-10-14-23)28-16-12-11-15-24(25)28/h8-19,33H,6-7,20H2,1-5H3/b31-18+/t33-/m1/s1. The predicted molar refractivity (Wildman–Crippen MR) is 184 cm³/mol. The first-order valence-electron chi connectivity index (χ1n) is 15.1. The summed E-state index contributed by atoms with van der Waals surface area (Å²) in [6.45, 7) is 8.85. The molecule has 0 bridgehead atoms. The van der Waals surface area contributed by atoms with Gasteiger partial charge >= 0.3 is 5.97 Å². The lowest BCUT2D eigenvalue weighted by Gasteiger charge is -2.26. The van der Waals surface area contributed by atoms with Gasteiger partial charge < -0.3 is 18.8 Å². The summed E-state index contributed by atoms with van der Waals surface area (Å²) in [6.07, 6.45) is 1.96. The molecular weight excluding hydrogens is 666 g/mol. The Morgan fingerprint density at radius 3 is 2.48 bits per heavy atom. The number of allylic oxidation sites excluding steroid dienone is 1. The average molecular weight is 701 g/mol. The third kappa shape index (κ3) is 5.60. The van der Waals surface area contributed by atoms with Crippen molar-refractivity contribution in [3.8, 4) is 11.5 Å². The molecule has 5 aromatic rings. The summed E-state index contributed by atoms with van der Waals surface area (Å²) in [5.41, 5.74) is 5.49. The molecule has 236 valence electrons. The Bertz CT molecular complexity index is 2180. The van der Waals surface area contributed by atoms with Crippen molar-refractivity contribution in [3.63, 3.8) is 0 Å². The monoisotopic (exact) mass is 699 g/mol. The zero-order chi connectivity index (χ0) is 32.5. The zero-order valence-corrected chi connectivity index (χ0v) is 28.7. The van der Waals surface area contributed by atoms with Gasteiger partial charge in [-0.05, 0) is 63.1 Å². The Hall–Kier alpha value is -4.41. The fourth-order valence-electron chi connectivity index (χ4n) is 6.01. The number of hydrogen-bond acceptors (Lipinski definition) is 7. The van der Waals surface area contributed by atoms with Crippen molar-refractivity contribution in [1.82, 2.24) is 9.13 Å². The number of carbonyl (C=O) groups excluding carboxylic acids is 1. The van der Waals surface area contributed by atoms with E-state index in [4.69, 9.17) is 19.2 Å². The van der Waals surface area contributed by atoms with E-state index in [0.29, 0.717) is 55.3 Å². The Morgan fingerprint density at radius 2 is 1.76 bits per heavy atom. The van der Waals surface area contributed by atoms with Gasteiger partial charge in [0, 0.05) is 33.2 Å². The molecule has 0 fully saturated rings. The number of carbonyl (C=O) groups is 1. The summed E-state index contributed by atoms with van der Waals surface area (Å²) in [6, 6.07) is 21.4. The molecule has 1 atom stereocenters. The van der Waals surface area contributed by atoms with Crippen molar-refractivity contribution in [1.29, 1.82) is 0 Å². The Morgan fingerprint density at radius 1 is 1.02 bits per heavy atom. The summed E-state index contributed by atoms with van der Waals surface area (Å²) in [7, 11) is 1.56. The van der Waals surface area contributed by atoms with Crippen molar-refractivity contribution >= 4 is 50.2 Å². The second-order valence-electron chi connectivity index (χ2n) is 10.8. The summed E-state index contributed by atoms with van der Waals surface area (Å²) < 4.78 is 22.0. The number of esters is 1. The fraction of sp³-hybridized carbons (Fsp3) is 0.250. The topological polar surface area (TPSA) is 84.1 Å². The van der Waals surface area contributed by atoms with Crippen LogP contribution in [-0.2, 0) is 16.1 Å². The Labute approximate surface area is 279 Å². The molecule has 3 aromatic carbocycles. The third-order valence-corrected chi connectivity index (χ3v) is 9.80. The molecule has 8 nitrogen and oxygen atoms in total. The molecule has 46 heavy (non-hydrogen) atoms. The fourth-order valence-corrected chi connectivity index (χ4v) is 7.58. The molecule has 1 aliphatic heterocycles. The number of halogens is 1. The summed E-state index contributed by atoms with van der Waals surface area (Å²) >= 11 is 5.00. The number of methoxy groups -OCH3 is 1. The maximum Gasteiger partial charge on any atom is 0.338 e. The van der Waals surface area contributed by atoms with E-state index in [1.807, 2.05) is 43.3 Å². The normalized spacial score (nSPS) is 14.7. The van der Waals surface area contributed by atoms with Gasteiger partial charge in [0.25, 0.3) is 5.56 Å². The first kappa shape index (κ1) is 31.6. The second kappa shape index (κ2) is 13.1. The van der Waals surface area contributed by atoms with Gasteiger partial charge in [-0.1, -0.05) is 75.8 Å². The zero-order valence-electron chi connectivity index (χ0n) is 26.3. The van der Waals surface area contributed by atoms with Gasteiger partial charge in [-0.2, -0.15) is 0 Å². The third-order valence-electron chi connectivity index (χ3n) is 8.13. The number of fused-ring (bicyclic) bond motifs is 2. The van der Waals surface area contributed by atoms with Crippen LogP contribution in [0.1, 0.15) is 49.2 Å². The first-order chi connectivity index (χ1) is 22.3.